The van der Waals surface area contributed by atoms with Gasteiger partial charge < -0.3 is 5.32 Å². The van der Waals surface area contributed by atoms with Crippen LogP contribution in [0.25, 0.3) is 0 Å². The predicted octanol–water partition coefficient (Wildman–Crippen LogP) is 4.18. The highest BCUT2D eigenvalue weighted by Gasteiger charge is 2.37. The minimum atomic E-state index is -0.595. The minimum absolute atomic E-state index is 0.0825. The molecule has 0 radical (unpaired) electrons. The van der Waals surface area contributed by atoms with Gasteiger partial charge in [-0.2, -0.15) is 5.26 Å². The predicted molar refractivity (Wildman–Crippen MR) is 82.0 cm³/mol. The zero-order chi connectivity index (χ0) is 15.0. The van der Waals surface area contributed by atoms with Gasteiger partial charge in [-0.15, -0.1) is 0 Å². The van der Waals surface area contributed by atoms with E-state index in [1.165, 1.54) is 6.42 Å². The normalized spacial score (nSPS) is 26.2. The summed E-state index contributed by atoms with van der Waals surface area (Å²) in [5, 5.41) is 12.6. The first-order valence-electron chi connectivity index (χ1n) is 8.34. The lowest BCUT2D eigenvalue weighted by Crippen LogP contribution is -2.51. The summed E-state index contributed by atoms with van der Waals surface area (Å²) in [4.78, 5) is 12.4. The molecule has 0 aliphatic heterocycles. The van der Waals surface area contributed by atoms with Crippen molar-refractivity contribution in [1.29, 1.82) is 5.26 Å². The highest BCUT2D eigenvalue weighted by molar-refractivity contribution is 5.79. The molecule has 3 nitrogen and oxygen atoms in total. The molecular weight excluding hydrogens is 248 g/mol. The Bertz CT molecular complexity index is 331. The van der Waals surface area contributed by atoms with Crippen LogP contribution in [0.2, 0.25) is 0 Å². The SMILES string of the molecule is CCCC(CCC)C(=O)NC1(C#N)CCC(CC)CC1. The Morgan fingerprint density at radius 2 is 1.80 bits per heavy atom. The van der Waals surface area contributed by atoms with Crippen LogP contribution in [0.4, 0.5) is 0 Å². The van der Waals surface area contributed by atoms with Crippen LogP contribution in [0.5, 0.6) is 0 Å². The van der Waals surface area contributed by atoms with Crippen molar-refractivity contribution in [2.45, 2.75) is 84.1 Å². The fourth-order valence-corrected chi connectivity index (χ4v) is 3.28. The standard InChI is InChI=1S/C17H30N2O/c1-4-7-15(8-5-2)16(20)19-17(13-18)11-9-14(6-3)10-12-17/h14-15H,4-12H2,1-3H3,(H,19,20). The third kappa shape index (κ3) is 4.51. The lowest BCUT2D eigenvalue weighted by atomic mass is 9.76. The summed E-state index contributed by atoms with van der Waals surface area (Å²) in [6.45, 7) is 6.44. The van der Waals surface area contributed by atoms with Gasteiger partial charge in [0.1, 0.15) is 5.54 Å². The molecule has 0 aromatic heterocycles. The summed E-state index contributed by atoms with van der Waals surface area (Å²) < 4.78 is 0. The van der Waals surface area contributed by atoms with Gasteiger partial charge in [0.2, 0.25) is 5.91 Å². The van der Waals surface area contributed by atoms with Crippen LogP contribution in [0, 0.1) is 23.2 Å². The van der Waals surface area contributed by atoms with Gasteiger partial charge in [0, 0.05) is 5.92 Å². The van der Waals surface area contributed by atoms with E-state index >= 15 is 0 Å². The summed E-state index contributed by atoms with van der Waals surface area (Å²) in [7, 11) is 0. The van der Waals surface area contributed by atoms with Crippen molar-refractivity contribution in [1.82, 2.24) is 5.32 Å². The molecule has 3 heteroatoms. The monoisotopic (exact) mass is 278 g/mol. The second kappa shape index (κ2) is 8.29. The number of rotatable bonds is 7. The van der Waals surface area contributed by atoms with Gasteiger partial charge in [0.15, 0.2) is 0 Å². The van der Waals surface area contributed by atoms with Gasteiger partial charge in [0.25, 0.3) is 0 Å². The maximum absolute atomic E-state index is 12.4. The van der Waals surface area contributed by atoms with Crippen LogP contribution in [-0.2, 0) is 4.79 Å². The Morgan fingerprint density at radius 3 is 2.20 bits per heavy atom. The fourth-order valence-electron chi connectivity index (χ4n) is 3.28. The summed E-state index contributed by atoms with van der Waals surface area (Å²) in [5.74, 6) is 0.916. The van der Waals surface area contributed by atoms with E-state index in [0.29, 0.717) is 0 Å². The summed E-state index contributed by atoms with van der Waals surface area (Å²) in [6, 6.07) is 2.40. The van der Waals surface area contributed by atoms with Crippen molar-refractivity contribution in [3.63, 3.8) is 0 Å². The van der Waals surface area contributed by atoms with Gasteiger partial charge in [-0.3, -0.25) is 4.79 Å². The second-order valence-corrected chi connectivity index (χ2v) is 6.31. The van der Waals surface area contributed by atoms with Crippen molar-refractivity contribution in [3.05, 3.63) is 0 Å². The molecule has 0 spiro atoms. The number of carbonyl (C=O) groups is 1. The van der Waals surface area contributed by atoms with Crippen LogP contribution < -0.4 is 5.32 Å². The first-order chi connectivity index (χ1) is 9.60. The number of hydrogen-bond donors (Lipinski definition) is 1. The zero-order valence-corrected chi connectivity index (χ0v) is 13.4. The maximum Gasteiger partial charge on any atom is 0.224 e. The fraction of sp³-hybridized carbons (Fsp3) is 0.882. The molecule has 0 unspecified atom stereocenters. The van der Waals surface area contributed by atoms with Crippen LogP contribution in [-0.4, -0.2) is 11.4 Å². The molecule has 1 aliphatic carbocycles. The third-order valence-electron chi connectivity index (χ3n) is 4.76. The van der Waals surface area contributed by atoms with E-state index in [1.807, 2.05) is 0 Å². The van der Waals surface area contributed by atoms with E-state index in [4.69, 9.17) is 0 Å². The molecule has 1 saturated carbocycles. The molecule has 1 fully saturated rings. The number of carbonyl (C=O) groups excluding carboxylic acids is 1. The van der Waals surface area contributed by atoms with Crippen LogP contribution in [0.1, 0.15) is 78.6 Å². The van der Waals surface area contributed by atoms with Gasteiger partial charge in [-0.05, 0) is 44.4 Å². The van der Waals surface area contributed by atoms with E-state index in [-0.39, 0.29) is 11.8 Å². The zero-order valence-electron chi connectivity index (χ0n) is 13.4. The number of amides is 1. The van der Waals surface area contributed by atoms with Crippen molar-refractivity contribution >= 4 is 5.91 Å². The summed E-state index contributed by atoms with van der Waals surface area (Å²) in [6.07, 6.45) is 8.86. The molecule has 0 saturated heterocycles. The third-order valence-corrected chi connectivity index (χ3v) is 4.76. The Balaban J connectivity index is 2.63. The van der Waals surface area contributed by atoms with E-state index in [0.717, 1.165) is 57.3 Å². The molecule has 0 bridgehead atoms. The van der Waals surface area contributed by atoms with E-state index in [9.17, 15) is 10.1 Å². The lowest BCUT2D eigenvalue weighted by molar-refractivity contribution is -0.127. The smallest absolute Gasteiger partial charge is 0.224 e. The second-order valence-electron chi connectivity index (χ2n) is 6.31. The maximum atomic E-state index is 12.4. The largest absolute Gasteiger partial charge is 0.338 e. The van der Waals surface area contributed by atoms with Gasteiger partial charge in [-0.25, -0.2) is 0 Å². The molecule has 0 aromatic rings. The molecule has 0 aromatic carbocycles. The van der Waals surface area contributed by atoms with Gasteiger partial charge in [-0.1, -0.05) is 40.0 Å². The molecule has 1 N–H and O–H groups in total. The molecule has 1 rings (SSSR count). The minimum Gasteiger partial charge on any atom is -0.338 e. The molecule has 0 atom stereocenters. The van der Waals surface area contributed by atoms with E-state index in [1.54, 1.807) is 0 Å². The average Bonchev–Trinajstić information content (AvgIpc) is 2.47. The Hall–Kier alpha value is -1.04. The summed E-state index contributed by atoms with van der Waals surface area (Å²) in [5.41, 5.74) is -0.595. The van der Waals surface area contributed by atoms with Crippen LogP contribution in [0.3, 0.4) is 0 Å². The van der Waals surface area contributed by atoms with Crippen LogP contribution >= 0.6 is 0 Å². The quantitative estimate of drug-likeness (QED) is 0.759. The van der Waals surface area contributed by atoms with Crippen molar-refractivity contribution in [2.24, 2.45) is 11.8 Å². The topological polar surface area (TPSA) is 52.9 Å². The lowest BCUT2D eigenvalue weighted by Gasteiger charge is -2.36. The number of nitriles is 1. The van der Waals surface area contributed by atoms with Gasteiger partial charge in [0.05, 0.1) is 6.07 Å². The number of nitrogens with one attached hydrogen (secondary N) is 1. The first-order valence-corrected chi connectivity index (χ1v) is 8.34. The van der Waals surface area contributed by atoms with E-state index in [2.05, 4.69) is 32.2 Å². The van der Waals surface area contributed by atoms with Crippen molar-refractivity contribution < 1.29 is 4.79 Å². The van der Waals surface area contributed by atoms with Crippen molar-refractivity contribution in [2.75, 3.05) is 0 Å². The first kappa shape index (κ1) is 17.0. The van der Waals surface area contributed by atoms with E-state index < -0.39 is 5.54 Å². The van der Waals surface area contributed by atoms with Crippen LogP contribution in [0.15, 0.2) is 0 Å². The molecule has 1 aliphatic rings. The summed E-state index contributed by atoms with van der Waals surface area (Å²) >= 11 is 0. The Morgan fingerprint density at radius 1 is 1.25 bits per heavy atom. The number of nitrogens with zero attached hydrogens (tertiary/aromatic N) is 1. The average molecular weight is 278 g/mol. The number of hydrogen-bond acceptors (Lipinski definition) is 2. The Labute approximate surface area is 124 Å². The molecule has 1 amide bonds. The van der Waals surface area contributed by atoms with Gasteiger partial charge >= 0.3 is 0 Å². The van der Waals surface area contributed by atoms with Crippen molar-refractivity contribution in [3.8, 4) is 6.07 Å². The highest BCUT2D eigenvalue weighted by Crippen LogP contribution is 2.33. The molecule has 20 heavy (non-hydrogen) atoms. The highest BCUT2D eigenvalue weighted by atomic mass is 16.2. The Kier molecular flexibility index (Phi) is 7.05. The molecule has 0 heterocycles. The molecular formula is C17H30N2O. The molecule has 114 valence electrons.